The molecular weight excluding hydrogens is 267 g/mol. The van der Waals surface area contributed by atoms with E-state index in [1.54, 1.807) is 6.92 Å². The zero-order chi connectivity index (χ0) is 14.3. The van der Waals surface area contributed by atoms with Crippen LogP contribution in [0, 0.1) is 12.8 Å². The Balaban J connectivity index is 2.04. The molecule has 1 aromatic carbocycles. The van der Waals surface area contributed by atoms with Crippen LogP contribution in [0.2, 0.25) is 0 Å². The van der Waals surface area contributed by atoms with E-state index in [1.807, 2.05) is 0 Å². The average Bonchev–Trinajstić information content (AvgIpc) is 2.23. The fourth-order valence-electron chi connectivity index (χ4n) is 2.10. The number of alkyl halides is 5. The van der Waals surface area contributed by atoms with Gasteiger partial charge in [-0.2, -0.15) is 13.2 Å². The molecule has 0 N–H and O–H groups in total. The van der Waals surface area contributed by atoms with Gasteiger partial charge >= 0.3 is 6.18 Å². The molecule has 0 bridgehead atoms. The summed E-state index contributed by atoms with van der Waals surface area (Å²) in [5.74, 6) is -3.36. The van der Waals surface area contributed by atoms with Gasteiger partial charge in [0, 0.05) is 18.8 Å². The number of ether oxygens (including phenoxy) is 1. The first-order valence-corrected chi connectivity index (χ1v) is 5.86. The van der Waals surface area contributed by atoms with Gasteiger partial charge in [-0.25, -0.2) is 8.78 Å². The Morgan fingerprint density at radius 2 is 1.89 bits per heavy atom. The van der Waals surface area contributed by atoms with Crippen molar-refractivity contribution in [2.45, 2.75) is 31.9 Å². The number of rotatable bonds is 3. The Hall–Kier alpha value is -1.33. The zero-order valence-corrected chi connectivity index (χ0v) is 10.2. The second kappa shape index (κ2) is 4.65. The molecule has 0 aliphatic heterocycles. The molecule has 2 rings (SSSR count). The van der Waals surface area contributed by atoms with Crippen molar-refractivity contribution in [3.05, 3.63) is 29.3 Å². The van der Waals surface area contributed by atoms with Gasteiger partial charge < -0.3 is 4.74 Å². The van der Waals surface area contributed by atoms with Crippen molar-refractivity contribution in [3.8, 4) is 5.75 Å². The Kier molecular flexibility index (Phi) is 3.45. The standard InChI is InChI=1S/C13H13F5O/c1-8-2-3-11(10(4-8)13(16,17)18)19-7-9-5-12(14,15)6-9/h2-4,9H,5-7H2,1H3. The summed E-state index contributed by atoms with van der Waals surface area (Å²) in [4.78, 5) is 0. The number of hydrogen-bond acceptors (Lipinski definition) is 1. The third-order valence-corrected chi connectivity index (χ3v) is 3.09. The first-order valence-electron chi connectivity index (χ1n) is 5.86. The lowest BCUT2D eigenvalue weighted by atomic mass is 9.82. The lowest BCUT2D eigenvalue weighted by molar-refractivity contribution is -0.140. The van der Waals surface area contributed by atoms with Crippen LogP contribution in [-0.4, -0.2) is 12.5 Å². The minimum Gasteiger partial charge on any atom is -0.493 e. The Labute approximate surface area is 107 Å². The summed E-state index contributed by atoms with van der Waals surface area (Å²) in [7, 11) is 0. The van der Waals surface area contributed by atoms with E-state index in [-0.39, 0.29) is 31.1 Å². The summed E-state index contributed by atoms with van der Waals surface area (Å²) in [5, 5.41) is 0. The fourth-order valence-corrected chi connectivity index (χ4v) is 2.10. The van der Waals surface area contributed by atoms with Crippen LogP contribution in [-0.2, 0) is 6.18 Å². The fraction of sp³-hybridized carbons (Fsp3) is 0.538. The smallest absolute Gasteiger partial charge is 0.419 e. The van der Waals surface area contributed by atoms with Crippen molar-refractivity contribution in [3.63, 3.8) is 0 Å². The van der Waals surface area contributed by atoms with E-state index in [9.17, 15) is 22.0 Å². The first kappa shape index (κ1) is 14.1. The molecular formula is C13H13F5O. The van der Waals surface area contributed by atoms with Gasteiger partial charge in [-0.15, -0.1) is 0 Å². The van der Waals surface area contributed by atoms with Crippen LogP contribution < -0.4 is 4.74 Å². The second-order valence-corrected chi connectivity index (χ2v) is 4.94. The van der Waals surface area contributed by atoms with Crippen LogP contribution in [0.15, 0.2) is 18.2 Å². The van der Waals surface area contributed by atoms with Gasteiger partial charge in [-0.05, 0) is 19.1 Å². The van der Waals surface area contributed by atoms with E-state index in [4.69, 9.17) is 4.74 Å². The molecule has 1 aliphatic rings. The average molecular weight is 280 g/mol. The number of benzene rings is 1. The largest absolute Gasteiger partial charge is 0.493 e. The summed E-state index contributed by atoms with van der Waals surface area (Å²) < 4.78 is 68.6. The van der Waals surface area contributed by atoms with Crippen molar-refractivity contribution >= 4 is 0 Å². The molecule has 6 heteroatoms. The highest BCUT2D eigenvalue weighted by Crippen LogP contribution is 2.43. The van der Waals surface area contributed by atoms with E-state index in [1.165, 1.54) is 12.1 Å². The highest BCUT2D eigenvalue weighted by atomic mass is 19.4. The summed E-state index contributed by atoms with van der Waals surface area (Å²) >= 11 is 0. The number of halogens is 5. The Morgan fingerprint density at radius 1 is 1.26 bits per heavy atom. The second-order valence-electron chi connectivity index (χ2n) is 4.94. The van der Waals surface area contributed by atoms with Crippen LogP contribution in [0.25, 0.3) is 0 Å². The van der Waals surface area contributed by atoms with Gasteiger partial charge in [0.25, 0.3) is 0 Å². The van der Waals surface area contributed by atoms with Crippen LogP contribution in [0.3, 0.4) is 0 Å². The topological polar surface area (TPSA) is 9.23 Å². The molecule has 1 fully saturated rings. The highest BCUT2D eigenvalue weighted by Gasteiger charge is 2.45. The van der Waals surface area contributed by atoms with E-state index in [2.05, 4.69) is 0 Å². The van der Waals surface area contributed by atoms with Gasteiger partial charge in [0.15, 0.2) is 0 Å². The van der Waals surface area contributed by atoms with Gasteiger partial charge in [0.05, 0.1) is 12.2 Å². The predicted octanol–water partition coefficient (Wildman–Crippen LogP) is 4.44. The molecule has 0 amide bonds. The van der Waals surface area contributed by atoms with E-state index >= 15 is 0 Å². The molecule has 106 valence electrons. The lowest BCUT2D eigenvalue weighted by Gasteiger charge is -2.34. The van der Waals surface area contributed by atoms with Crippen molar-refractivity contribution in [2.75, 3.05) is 6.61 Å². The van der Waals surface area contributed by atoms with E-state index in [0.717, 1.165) is 6.07 Å². The lowest BCUT2D eigenvalue weighted by Crippen LogP contribution is -2.38. The highest BCUT2D eigenvalue weighted by molar-refractivity contribution is 5.38. The molecule has 0 aromatic heterocycles. The van der Waals surface area contributed by atoms with Gasteiger partial charge in [0.2, 0.25) is 5.92 Å². The maximum atomic E-state index is 12.8. The minimum atomic E-state index is -4.51. The molecule has 0 radical (unpaired) electrons. The number of hydrogen-bond donors (Lipinski definition) is 0. The third-order valence-electron chi connectivity index (χ3n) is 3.09. The molecule has 0 spiro atoms. The quantitative estimate of drug-likeness (QED) is 0.744. The maximum Gasteiger partial charge on any atom is 0.419 e. The summed E-state index contributed by atoms with van der Waals surface area (Å²) in [6.07, 6.45) is -5.15. The van der Waals surface area contributed by atoms with Crippen LogP contribution in [0.5, 0.6) is 5.75 Å². The van der Waals surface area contributed by atoms with Gasteiger partial charge in [-0.1, -0.05) is 11.6 Å². The molecule has 1 aromatic rings. The van der Waals surface area contributed by atoms with Gasteiger partial charge in [-0.3, -0.25) is 0 Å². The molecule has 0 saturated heterocycles. The monoisotopic (exact) mass is 280 g/mol. The summed E-state index contributed by atoms with van der Waals surface area (Å²) in [6, 6.07) is 3.72. The van der Waals surface area contributed by atoms with Crippen LogP contribution in [0.1, 0.15) is 24.0 Å². The number of aryl methyl sites for hydroxylation is 1. The molecule has 1 saturated carbocycles. The summed E-state index contributed by atoms with van der Waals surface area (Å²) in [5.41, 5.74) is -0.395. The van der Waals surface area contributed by atoms with Crippen molar-refractivity contribution in [1.29, 1.82) is 0 Å². The van der Waals surface area contributed by atoms with E-state index in [0.29, 0.717) is 5.56 Å². The SMILES string of the molecule is Cc1ccc(OCC2CC(F)(F)C2)c(C(F)(F)F)c1. The van der Waals surface area contributed by atoms with E-state index < -0.39 is 17.7 Å². The maximum absolute atomic E-state index is 12.8. The molecule has 19 heavy (non-hydrogen) atoms. The molecule has 1 aliphatic carbocycles. The first-order chi connectivity index (χ1) is 8.67. The predicted molar refractivity (Wildman–Crippen MR) is 59.3 cm³/mol. The molecule has 0 heterocycles. The zero-order valence-electron chi connectivity index (χ0n) is 10.2. The molecule has 0 unspecified atom stereocenters. The van der Waals surface area contributed by atoms with Crippen molar-refractivity contribution in [2.24, 2.45) is 5.92 Å². The van der Waals surface area contributed by atoms with Crippen LogP contribution >= 0.6 is 0 Å². The molecule has 1 nitrogen and oxygen atoms in total. The van der Waals surface area contributed by atoms with Crippen molar-refractivity contribution < 1.29 is 26.7 Å². The third kappa shape index (κ3) is 3.36. The van der Waals surface area contributed by atoms with Crippen LogP contribution in [0.4, 0.5) is 22.0 Å². The molecule has 0 atom stereocenters. The Bertz CT molecular complexity index is 459. The van der Waals surface area contributed by atoms with Gasteiger partial charge in [0.1, 0.15) is 5.75 Å². The van der Waals surface area contributed by atoms with Crippen molar-refractivity contribution in [1.82, 2.24) is 0 Å². The summed E-state index contributed by atoms with van der Waals surface area (Å²) in [6.45, 7) is 1.44. The Morgan fingerprint density at radius 3 is 2.42 bits per heavy atom. The minimum absolute atomic E-state index is 0.109. The normalized spacial score (nSPS) is 19.1.